The van der Waals surface area contributed by atoms with E-state index in [1.165, 1.54) is 24.3 Å². The molecule has 90 valence electrons. The standard InChI is InChI=1S/C8H9N5O2S2/c9-5-1-3-6(4-2-5)17(14,15)13-8-12-11-7(10)16-8/h1-4H,9H2,(H2,10,11)(H,12,13). The molecular weight excluding hydrogens is 262 g/mol. The summed E-state index contributed by atoms with van der Waals surface area (Å²) in [5.74, 6) is 0. The second-order valence-corrected chi connectivity index (χ2v) is 5.81. The van der Waals surface area contributed by atoms with Gasteiger partial charge < -0.3 is 11.5 Å². The fraction of sp³-hybridized carbons (Fsp3) is 0. The van der Waals surface area contributed by atoms with Crippen LogP contribution in [0.3, 0.4) is 0 Å². The number of sulfonamides is 1. The number of hydrogen-bond donors (Lipinski definition) is 3. The van der Waals surface area contributed by atoms with Gasteiger partial charge in [0.05, 0.1) is 4.90 Å². The molecule has 0 atom stereocenters. The molecule has 0 aliphatic carbocycles. The van der Waals surface area contributed by atoms with Crippen molar-refractivity contribution >= 4 is 37.3 Å². The third-order valence-electron chi connectivity index (χ3n) is 1.85. The molecular formula is C8H9N5O2S2. The Morgan fingerprint density at radius 2 is 1.76 bits per heavy atom. The Hall–Kier alpha value is -1.87. The lowest BCUT2D eigenvalue weighted by Gasteiger charge is -2.04. The summed E-state index contributed by atoms with van der Waals surface area (Å²) in [6, 6.07) is 5.82. The van der Waals surface area contributed by atoms with Gasteiger partial charge in [0.15, 0.2) is 0 Å². The number of nitrogens with one attached hydrogen (secondary N) is 1. The first kappa shape index (κ1) is 11.6. The third kappa shape index (κ3) is 2.63. The minimum absolute atomic E-state index is 0.0977. The van der Waals surface area contributed by atoms with Gasteiger partial charge in [-0.15, -0.1) is 10.2 Å². The van der Waals surface area contributed by atoms with Crippen molar-refractivity contribution in [2.45, 2.75) is 4.90 Å². The van der Waals surface area contributed by atoms with E-state index in [0.29, 0.717) is 5.69 Å². The second-order valence-electron chi connectivity index (χ2n) is 3.12. The summed E-state index contributed by atoms with van der Waals surface area (Å²) in [6.45, 7) is 0. The Morgan fingerprint density at radius 3 is 2.29 bits per heavy atom. The monoisotopic (exact) mass is 271 g/mol. The van der Waals surface area contributed by atoms with Crippen molar-refractivity contribution in [2.24, 2.45) is 0 Å². The molecule has 2 aromatic rings. The van der Waals surface area contributed by atoms with Gasteiger partial charge >= 0.3 is 0 Å². The van der Waals surface area contributed by atoms with Gasteiger partial charge in [0.1, 0.15) is 0 Å². The number of nitrogens with two attached hydrogens (primary N) is 2. The van der Waals surface area contributed by atoms with Crippen LogP contribution in [0.1, 0.15) is 0 Å². The van der Waals surface area contributed by atoms with Crippen LogP contribution in [-0.2, 0) is 10.0 Å². The van der Waals surface area contributed by atoms with Crippen LogP contribution in [0.4, 0.5) is 16.0 Å². The number of benzene rings is 1. The van der Waals surface area contributed by atoms with E-state index in [2.05, 4.69) is 14.9 Å². The van der Waals surface area contributed by atoms with Crippen LogP contribution in [0, 0.1) is 0 Å². The topological polar surface area (TPSA) is 124 Å². The highest BCUT2D eigenvalue weighted by molar-refractivity contribution is 7.93. The average molecular weight is 271 g/mol. The predicted octanol–water partition coefficient (Wildman–Crippen LogP) is 0.503. The van der Waals surface area contributed by atoms with Crippen LogP contribution in [0.15, 0.2) is 29.2 Å². The fourth-order valence-electron chi connectivity index (χ4n) is 1.10. The molecule has 0 amide bonds. The van der Waals surface area contributed by atoms with E-state index in [1.54, 1.807) is 0 Å². The van der Waals surface area contributed by atoms with Crippen LogP contribution >= 0.6 is 11.3 Å². The molecule has 0 aliphatic rings. The summed E-state index contributed by atoms with van der Waals surface area (Å²) >= 11 is 0.953. The Bertz CT molecular complexity index is 620. The Morgan fingerprint density at radius 1 is 1.12 bits per heavy atom. The maximum atomic E-state index is 11.9. The van der Waals surface area contributed by atoms with Gasteiger partial charge in [-0.25, -0.2) is 8.42 Å². The first-order valence-corrected chi connectivity index (χ1v) is 6.75. The van der Waals surface area contributed by atoms with Crippen molar-refractivity contribution in [1.82, 2.24) is 10.2 Å². The zero-order valence-electron chi connectivity index (χ0n) is 8.49. The summed E-state index contributed by atoms with van der Waals surface area (Å²) in [7, 11) is -3.67. The van der Waals surface area contributed by atoms with Crippen molar-refractivity contribution in [3.05, 3.63) is 24.3 Å². The SMILES string of the molecule is Nc1ccc(S(=O)(=O)Nc2nnc(N)s2)cc1. The Labute approximate surface area is 102 Å². The van der Waals surface area contributed by atoms with Crippen LogP contribution in [-0.4, -0.2) is 18.6 Å². The number of nitrogen functional groups attached to an aromatic ring is 2. The largest absolute Gasteiger partial charge is 0.399 e. The molecule has 0 unspecified atom stereocenters. The van der Waals surface area contributed by atoms with Gasteiger partial charge in [0.2, 0.25) is 10.3 Å². The molecule has 1 heterocycles. The maximum Gasteiger partial charge on any atom is 0.263 e. The van der Waals surface area contributed by atoms with Crippen molar-refractivity contribution in [3.8, 4) is 0 Å². The predicted molar refractivity (Wildman–Crippen MR) is 66.0 cm³/mol. The molecule has 0 radical (unpaired) electrons. The summed E-state index contributed by atoms with van der Waals surface area (Å²) in [4.78, 5) is 0.0977. The average Bonchev–Trinajstić information content (AvgIpc) is 2.63. The van der Waals surface area contributed by atoms with E-state index in [4.69, 9.17) is 11.5 Å². The van der Waals surface area contributed by atoms with Gasteiger partial charge in [-0.3, -0.25) is 4.72 Å². The summed E-state index contributed by atoms with van der Waals surface area (Å²) in [5.41, 5.74) is 11.3. The molecule has 0 saturated heterocycles. The van der Waals surface area contributed by atoms with Crippen LogP contribution in [0.5, 0.6) is 0 Å². The van der Waals surface area contributed by atoms with Gasteiger partial charge in [-0.2, -0.15) is 0 Å². The van der Waals surface area contributed by atoms with E-state index in [-0.39, 0.29) is 15.2 Å². The van der Waals surface area contributed by atoms with Crippen molar-refractivity contribution in [1.29, 1.82) is 0 Å². The van der Waals surface area contributed by atoms with Gasteiger partial charge in [-0.1, -0.05) is 11.3 Å². The molecule has 0 aliphatic heterocycles. The normalized spacial score (nSPS) is 11.3. The molecule has 0 bridgehead atoms. The molecule has 1 aromatic heterocycles. The number of nitrogens with zero attached hydrogens (tertiary/aromatic N) is 2. The maximum absolute atomic E-state index is 11.9. The molecule has 0 saturated carbocycles. The molecule has 2 rings (SSSR count). The zero-order valence-corrected chi connectivity index (χ0v) is 10.1. The number of rotatable bonds is 3. The number of hydrogen-bond acceptors (Lipinski definition) is 7. The Balaban J connectivity index is 2.28. The lowest BCUT2D eigenvalue weighted by Crippen LogP contribution is -2.12. The van der Waals surface area contributed by atoms with Crippen LogP contribution in [0.25, 0.3) is 0 Å². The number of anilines is 3. The highest BCUT2D eigenvalue weighted by Crippen LogP contribution is 2.21. The molecule has 7 nitrogen and oxygen atoms in total. The van der Waals surface area contributed by atoms with Crippen molar-refractivity contribution in [3.63, 3.8) is 0 Å². The summed E-state index contributed by atoms with van der Waals surface area (Å²) in [6.07, 6.45) is 0. The van der Waals surface area contributed by atoms with E-state index in [9.17, 15) is 8.42 Å². The first-order chi connectivity index (χ1) is 7.97. The first-order valence-electron chi connectivity index (χ1n) is 4.45. The van der Waals surface area contributed by atoms with Crippen LogP contribution in [0.2, 0.25) is 0 Å². The zero-order chi connectivity index (χ0) is 12.5. The minimum Gasteiger partial charge on any atom is -0.399 e. The van der Waals surface area contributed by atoms with Crippen LogP contribution < -0.4 is 16.2 Å². The molecule has 0 fully saturated rings. The van der Waals surface area contributed by atoms with E-state index in [0.717, 1.165) is 11.3 Å². The van der Waals surface area contributed by atoms with Gasteiger partial charge in [-0.05, 0) is 24.3 Å². The second kappa shape index (κ2) is 4.18. The van der Waals surface area contributed by atoms with E-state index >= 15 is 0 Å². The molecule has 5 N–H and O–H groups in total. The van der Waals surface area contributed by atoms with Gasteiger partial charge in [0, 0.05) is 5.69 Å². The van der Waals surface area contributed by atoms with E-state index in [1.807, 2.05) is 0 Å². The third-order valence-corrected chi connectivity index (χ3v) is 4.00. The highest BCUT2D eigenvalue weighted by atomic mass is 32.2. The summed E-state index contributed by atoms with van der Waals surface area (Å²) < 4.78 is 26.0. The number of aromatic nitrogens is 2. The van der Waals surface area contributed by atoms with E-state index < -0.39 is 10.0 Å². The minimum atomic E-state index is -3.67. The molecule has 17 heavy (non-hydrogen) atoms. The quantitative estimate of drug-likeness (QED) is 0.698. The van der Waals surface area contributed by atoms with Gasteiger partial charge in [0.25, 0.3) is 10.0 Å². The van der Waals surface area contributed by atoms with Crippen molar-refractivity contribution < 1.29 is 8.42 Å². The lowest BCUT2D eigenvalue weighted by atomic mass is 10.3. The molecule has 1 aromatic carbocycles. The lowest BCUT2D eigenvalue weighted by molar-refractivity contribution is 0.601. The summed E-state index contributed by atoms with van der Waals surface area (Å²) in [5, 5.41) is 7.40. The molecule has 9 heteroatoms. The Kier molecular flexibility index (Phi) is 2.86. The molecule has 0 spiro atoms. The highest BCUT2D eigenvalue weighted by Gasteiger charge is 2.16. The van der Waals surface area contributed by atoms with Crippen molar-refractivity contribution in [2.75, 3.05) is 16.2 Å². The fourth-order valence-corrected chi connectivity index (χ4v) is 2.84. The smallest absolute Gasteiger partial charge is 0.263 e.